The minimum Gasteiger partial charge on any atom is -0.486 e. The normalized spacial score (nSPS) is 13.7. The van der Waals surface area contributed by atoms with Crippen molar-refractivity contribution in [3.63, 3.8) is 0 Å². The first-order valence-electron chi connectivity index (χ1n) is 8.33. The van der Waals surface area contributed by atoms with E-state index >= 15 is 0 Å². The Balaban J connectivity index is 0.00000261. The van der Waals surface area contributed by atoms with Crippen LogP contribution in [0.15, 0.2) is 48.5 Å². The molecule has 0 saturated carbocycles. The van der Waals surface area contributed by atoms with E-state index in [4.69, 9.17) is 9.47 Å². The number of nitrogens with zero attached hydrogens (tertiary/aromatic N) is 1. The van der Waals surface area contributed by atoms with E-state index in [0.29, 0.717) is 26.3 Å². The topological polar surface area (TPSA) is 21.7 Å². The van der Waals surface area contributed by atoms with Crippen molar-refractivity contribution in [1.29, 1.82) is 0 Å². The van der Waals surface area contributed by atoms with Crippen molar-refractivity contribution in [2.75, 3.05) is 26.8 Å². The standard InChI is InChI=1S/C20H20F3NO2.ClH/c1-24(14-15-8-9-18-19(13-15)26-12-11-25-18)10-4-6-16-5-2-3-7-17(16)20(21,22)23;/h2-9,13H,10-12,14H2,1H3;1H/b6-4+;. The summed E-state index contributed by atoms with van der Waals surface area (Å²) in [5.41, 5.74) is 0.610. The molecule has 2 aromatic rings. The Morgan fingerprint density at radius 3 is 2.48 bits per heavy atom. The van der Waals surface area contributed by atoms with Crippen LogP contribution in [0.25, 0.3) is 6.08 Å². The molecule has 0 aromatic heterocycles. The van der Waals surface area contributed by atoms with Crippen molar-refractivity contribution >= 4 is 18.5 Å². The highest BCUT2D eigenvalue weighted by Gasteiger charge is 2.32. The summed E-state index contributed by atoms with van der Waals surface area (Å²) in [4.78, 5) is 2.01. The van der Waals surface area contributed by atoms with Gasteiger partial charge in [-0.3, -0.25) is 4.90 Å². The fraction of sp³-hybridized carbons (Fsp3) is 0.300. The molecule has 146 valence electrons. The molecule has 1 heterocycles. The van der Waals surface area contributed by atoms with E-state index in [9.17, 15) is 13.2 Å². The van der Waals surface area contributed by atoms with Crippen LogP contribution in [0, 0.1) is 0 Å². The molecule has 0 saturated heterocycles. The number of ether oxygens (including phenoxy) is 2. The van der Waals surface area contributed by atoms with Crippen LogP contribution in [0.5, 0.6) is 11.5 Å². The van der Waals surface area contributed by atoms with E-state index in [0.717, 1.165) is 23.1 Å². The molecular weight excluding hydrogens is 379 g/mol. The molecule has 0 fully saturated rings. The Hall–Kier alpha value is -2.18. The molecule has 3 rings (SSSR count). The van der Waals surface area contributed by atoms with Crippen molar-refractivity contribution < 1.29 is 22.6 Å². The molecule has 0 radical (unpaired) electrons. The van der Waals surface area contributed by atoms with Crippen LogP contribution in [0.2, 0.25) is 0 Å². The molecule has 0 aliphatic carbocycles. The maximum absolute atomic E-state index is 13.0. The van der Waals surface area contributed by atoms with Gasteiger partial charge in [-0.2, -0.15) is 13.2 Å². The first kappa shape index (κ1) is 21.1. The van der Waals surface area contributed by atoms with Crippen LogP contribution in [-0.4, -0.2) is 31.7 Å². The Bertz CT molecular complexity index is 793. The fourth-order valence-corrected chi connectivity index (χ4v) is 2.82. The minimum atomic E-state index is -4.35. The Labute approximate surface area is 162 Å². The summed E-state index contributed by atoms with van der Waals surface area (Å²) < 4.78 is 50.0. The maximum atomic E-state index is 13.0. The van der Waals surface area contributed by atoms with Gasteiger partial charge in [0.05, 0.1) is 5.56 Å². The van der Waals surface area contributed by atoms with E-state index in [1.165, 1.54) is 18.2 Å². The van der Waals surface area contributed by atoms with Gasteiger partial charge in [0.15, 0.2) is 11.5 Å². The second-order valence-corrected chi connectivity index (χ2v) is 6.16. The molecule has 0 bridgehead atoms. The molecular formula is C20H21ClF3NO2. The number of alkyl halides is 3. The maximum Gasteiger partial charge on any atom is 0.416 e. The van der Waals surface area contributed by atoms with E-state index in [1.807, 2.05) is 30.1 Å². The van der Waals surface area contributed by atoms with Crippen LogP contribution < -0.4 is 9.47 Å². The van der Waals surface area contributed by atoms with Crippen LogP contribution in [0.1, 0.15) is 16.7 Å². The number of likely N-dealkylation sites (N-methyl/N-ethyl adjacent to an activating group) is 1. The third kappa shape index (κ3) is 5.65. The third-order valence-corrected chi connectivity index (χ3v) is 4.04. The number of fused-ring (bicyclic) bond motifs is 1. The van der Waals surface area contributed by atoms with Crippen molar-refractivity contribution in [2.24, 2.45) is 0 Å². The lowest BCUT2D eigenvalue weighted by Crippen LogP contribution is -2.19. The predicted molar refractivity (Wildman–Crippen MR) is 101 cm³/mol. The highest BCUT2D eigenvalue weighted by atomic mass is 35.5. The fourth-order valence-electron chi connectivity index (χ4n) is 2.82. The lowest BCUT2D eigenvalue weighted by Gasteiger charge is -2.20. The number of hydrogen-bond acceptors (Lipinski definition) is 3. The van der Waals surface area contributed by atoms with Gasteiger partial charge in [-0.1, -0.05) is 36.4 Å². The van der Waals surface area contributed by atoms with Gasteiger partial charge in [-0.05, 0) is 36.4 Å². The summed E-state index contributed by atoms with van der Waals surface area (Å²) in [6.45, 7) is 2.27. The second-order valence-electron chi connectivity index (χ2n) is 6.16. The van der Waals surface area contributed by atoms with Gasteiger partial charge >= 0.3 is 6.18 Å². The summed E-state index contributed by atoms with van der Waals surface area (Å²) in [6, 6.07) is 11.4. The second kappa shape index (κ2) is 9.15. The summed E-state index contributed by atoms with van der Waals surface area (Å²) in [7, 11) is 1.91. The van der Waals surface area contributed by atoms with Crippen molar-refractivity contribution in [3.05, 3.63) is 65.2 Å². The lowest BCUT2D eigenvalue weighted by atomic mass is 10.1. The van der Waals surface area contributed by atoms with E-state index in [2.05, 4.69) is 0 Å². The largest absolute Gasteiger partial charge is 0.486 e. The molecule has 3 nitrogen and oxygen atoms in total. The average molecular weight is 400 g/mol. The summed E-state index contributed by atoms with van der Waals surface area (Å²) in [5, 5.41) is 0. The van der Waals surface area contributed by atoms with Gasteiger partial charge in [-0.25, -0.2) is 0 Å². The monoisotopic (exact) mass is 399 g/mol. The number of hydrogen-bond donors (Lipinski definition) is 0. The lowest BCUT2D eigenvalue weighted by molar-refractivity contribution is -0.137. The van der Waals surface area contributed by atoms with Gasteiger partial charge in [-0.15, -0.1) is 12.4 Å². The summed E-state index contributed by atoms with van der Waals surface area (Å²) in [6.07, 6.45) is -1.09. The molecule has 0 unspecified atom stereocenters. The highest BCUT2D eigenvalue weighted by Crippen LogP contribution is 2.32. The summed E-state index contributed by atoms with van der Waals surface area (Å²) in [5.74, 6) is 1.48. The quantitative estimate of drug-likeness (QED) is 0.702. The first-order valence-corrected chi connectivity index (χ1v) is 8.33. The SMILES string of the molecule is CN(C/C=C/c1ccccc1C(F)(F)F)Cc1ccc2c(c1)OCCO2.Cl. The molecule has 1 aliphatic rings. The van der Waals surface area contributed by atoms with Crippen LogP contribution in [0.3, 0.4) is 0 Å². The van der Waals surface area contributed by atoms with E-state index < -0.39 is 11.7 Å². The molecule has 0 amide bonds. The van der Waals surface area contributed by atoms with E-state index in [-0.39, 0.29) is 18.0 Å². The van der Waals surface area contributed by atoms with Crippen molar-refractivity contribution in [1.82, 2.24) is 4.90 Å². The molecule has 27 heavy (non-hydrogen) atoms. The molecule has 2 aromatic carbocycles. The Morgan fingerprint density at radius 2 is 1.74 bits per heavy atom. The number of rotatable bonds is 5. The van der Waals surface area contributed by atoms with Gasteiger partial charge in [0, 0.05) is 13.1 Å². The smallest absolute Gasteiger partial charge is 0.416 e. The Kier molecular flexibility index (Phi) is 7.16. The van der Waals surface area contributed by atoms with Gasteiger partial charge in [0.25, 0.3) is 0 Å². The number of benzene rings is 2. The van der Waals surface area contributed by atoms with Crippen molar-refractivity contribution in [3.8, 4) is 11.5 Å². The summed E-state index contributed by atoms with van der Waals surface area (Å²) >= 11 is 0. The van der Waals surface area contributed by atoms with Gasteiger partial charge in [0.1, 0.15) is 13.2 Å². The predicted octanol–water partition coefficient (Wildman–Crippen LogP) is 5.04. The Morgan fingerprint density at radius 1 is 1.04 bits per heavy atom. The average Bonchev–Trinajstić information content (AvgIpc) is 2.61. The minimum absolute atomic E-state index is 0. The first-order chi connectivity index (χ1) is 12.4. The third-order valence-electron chi connectivity index (χ3n) is 4.04. The molecule has 0 spiro atoms. The van der Waals surface area contributed by atoms with Crippen LogP contribution in [-0.2, 0) is 12.7 Å². The van der Waals surface area contributed by atoms with Crippen LogP contribution in [0.4, 0.5) is 13.2 Å². The van der Waals surface area contributed by atoms with Gasteiger partial charge < -0.3 is 9.47 Å². The zero-order valence-electron chi connectivity index (χ0n) is 14.8. The van der Waals surface area contributed by atoms with Crippen molar-refractivity contribution in [2.45, 2.75) is 12.7 Å². The molecule has 1 aliphatic heterocycles. The molecule has 0 N–H and O–H groups in total. The molecule has 0 atom stereocenters. The number of halogens is 4. The molecule has 7 heteroatoms. The van der Waals surface area contributed by atoms with Crippen LogP contribution >= 0.6 is 12.4 Å². The zero-order chi connectivity index (χ0) is 18.6. The highest BCUT2D eigenvalue weighted by molar-refractivity contribution is 5.85. The zero-order valence-corrected chi connectivity index (χ0v) is 15.6. The van der Waals surface area contributed by atoms with Gasteiger partial charge in [0.2, 0.25) is 0 Å². The van der Waals surface area contributed by atoms with E-state index in [1.54, 1.807) is 12.1 Å².